The van der Waals surface area contributed by atoms with Gasteiger partial charge in [-0.3, -0.25) is 0 Å². The summed E-state index contributed by atoms with van der Waals surface area (Å²) in [4.78, 5) is -0.568. The van der Waals surface area contributed by atoms with Gasteiger partial charge in [-0.15, -0.1) is 11.8 Å². The van der Waals surface area contributed by atoms with E-state index in [2.05, 4.69) is 26.0 Å². The molecule has 0 bridgehead atoms. The molecule has 7 heteroatoms. The zero-order chi connectivity index (χ0) is 27.2. The lowest BCUT2D eigenvalue weighted by molar-refractivity contribution is 0.193. The Hall–Kier alpha value is -0.305. The number of unbranched alkanes of at least 4 members (excludes halogenated alkanes) is 16. The molecule has 4 N–H and O–H groups in total. The van der Waals surface area contributed by atoms with Crippen molar-refractivity contribution in [1.82, 2.24) is 0 Å². The Morgan fingerprint density at radius 2 is 1.11 bits per heavy atom. The summed E-state index contributed by atoms with van der Waals surface area (Å²) < 4.78 is 5.20. The Morgan fingerprint density at radius 3 is 1.54 bits per heavy atom. The zero-order valence-electron chi connectivity index (χ0n) is 23.9. The van der Waals surface area contributed by atoms with Crippen molar-refractivity contribution in [3.8, 4) is 0 Å². The van der Waals surface area contributed by atoms with E-state index < -0.39 is 12.3 Å². The van der Waals surface area contributed by atoms with Gasteiger partial charge >= 0.3 is 7.32 Å². The summed E-state index contributed by atoms with van der Waals surface area (Å²) in [6, 6.07) is 0. The Balaban J connectivity index is 0.000000346. The lowest BCUT2D eigenvalue weighted by atomic mass is 9.91. The fourth-order valence-electron chi connectivity index (χ4n) is 4.91. The number of epoxide rings is 1. The molecule has 0 amide bonds. The van der Waals surface area contributed by atoms with Crippen LogP contribution in [0.15, 0.2) is 24.3 Å². The second-order valence-corrected chi connectivity index (χ2v) is 12.5. The molecular formula is C30H57BO5S. The molecule has 0 radical (unpaired) electrons. The first kappa shape index (κ1) is 34.7. The van der Waals surface area contributed by atoms with Crippen LogP contribution in [0.2, 0.25) is 0 Å². The highest BCUT2D eigenvalue weighted by Crippen LogP contribution is 2.67. The molecule has 2 aliphatic heterocycles. The topological polar surface area (TPSA) is 93.5 Å². The molecule has 0 spiro atoms. The maximum absolute atomic E-state index is 10.3. The highest BCUT2D eigenvalue weighted by molar-refractivity contribution is 8.09. The average Bonchev–Trinajstić information content (AvgIpc) is 3.77. The predicted molar refractivity (Wildman–Crippen MR) is 159 cm³/mol. The lowest BCUT2D eigenvalue weighted by Crippen LogP contribution is -2.23. The quantitative estimate of drug-likeness (QED) is 0.0728. The van der Waals surface area contributed by atoms with Gasteiger partial charge in [-0.05, 0) is 18.9 Å². The summed E-state index contributed by atoms with van der Waals surface area (Å²) in [5.41, 5.74) is 0. The van der Waals surface area contributed by atoms with Crippen molar-refractivity contribution in [3.63, 3.8) is 0 Å². The molecule has 37 heavy (non-hydrogen) atoms. The first-order valence-corrected chi connectivity index (χ1v) is 16.2. The van der Waals surface area contributed by atoms with Crippen molar-refractivity contribution in [2.45, 2.75) is 158 Å². The first-order valence-electron chi connectivity index (χ1n) is 15.3. The van der Waals surface area contributed by atoms with Crippen molar-refractivity contribution in [2.24, 2.45) is 0 Å². The van der Waals surface area contributed by atoms with Gasteiger partial charge < -0.3 is 24.9 Å². The van der Waals surface area contributed by atoms with Gasteiger partial charge in [0.05, 0.1) is 17.5 Å². The molecule has 2 saturated heterocycles. The van der Waals surface area contributed by atoms with E-state index in [4.69, 9.17) is 19.8 Å². The van der Waals surface area contributed by atoms with E-state index in [1.165, 1.54) is 122 Å². The molecule has 216 valence electrons. The summed E-state index contributed by atoms with van der Waals surface area (Å²) in [5.74, 6) is 0. The van der Waals surface area contributed by atoms with Gasteiger partial charge in [0, 0.05) is 0 Å². The van der Waals surface area contributed by atoms with E-state index in [1.807, 2.05) is 12.2 Å². The number of rotatable bonds is 20. The van der Waals surface area contributed by atoms with Crippen molar-refractivity contribution in [1.29, 1.82) is 0 Å². The molecule has 2 heterocycles. The van der Waals surface area contributed by atoms with Crippen LogP contribution in [-0.4, -0.2) is 49.9 Å². The molecule has 0 aromatic carbocycles. The Bertz CT molecular complexity index is 596. The van der Waals surface area contributed by atoms with Crippen LogP contribution in [0.25, 0.3) is 0 Å². The van der Waals surface area contributed by atoms with Crippen molar-refractivity contribution in [2.75, 3.05) is 6.61 Å². The minimum absolute atomic E-state index is 0.0297. The average molecular weight is 541 g/mol. The van der Waals surface area contributed by atoms with Gasteiger partial charge in [0.2, 0.25) is 0 Å². The monoisotopic (exact) mass is 540 g/mol. The molecule has 3 aliphatic rings. The van der Waals surface area contributed by atoms with Crippen LogP contribution in [0.4, 0.5) is 0 Å². The van der Waals surface area contributed by atoms with Crippen molar-refractivity contribution < 1.29 is 24.9 Å². The number of allylic oxidation sites excluding steroid dienone is 2. The van der Waals surface area contributed by atoms with Gasteiger partial charge in [0.15, 0.2) is 0 Å². The largest absolute Gasteiger partial charge is 0.631 e. The second-order valence-electron chi connectivity index (χ2n) is 10.9. The molecule has 0 aromatic rings. The minimum atomic E-state index is -2.17. The SMILES string of the molecule is CCCCCCCCCCC1CO1.CCCCCCCCCCCCC12C=CC=CC1(O)S2.OB(O)O. The van der Waals surface area contributed by atoms with E-state index in [1.54, 1.807) is 11.8 Å². The smallest absolute Gasteiger partial charge is 0.402 e. The number of hydrogen-bond acceptors (Lipinski definition) is 6. The van der Waals surface area contributed by atoms with Gasteiger partial charge in [-0.1, -0.05) is 148 Å². The molecule has 3 atom stereocenters. The molecule has 5 nitrogen and oxygen atoms in total. The number of hydrogen-bond donors (Lipinski definition) is 4. The van der Waals surface area contributed by atoms with Gasteiger partial charge in [-0.25, -0.2) is 0 Å². The number of ether oxygens (including phenoxy) is 1. The maximum Gasteiger partial charge on any atom is 0.631 e. The third-order valence-corrected chi connectivity index (χ3v) is 9.01. The summed E-state index contributed by atoms with van der Waals surface area (Å²) in [7, 11) is -2.17. The summed E-state index contributed by atoms with van der Waals surface area (Å²) in [6.45, 7) is 5.59. The molecule has 0 aromatic heterocycles. The number of aliphatic hydroxyl groups is 1. The third-order valence-electron chi connectivity index (χ3n) is 7.38. The van der Waals surface area contributed by atoms with Gasteiger partial charge in [0.1, 0.15) is 4.93 Å². The van der Waals surface area contributed by atoms with E-state index >= 15 is 0 Å². The summed E-state index contributed by atoms with van der Waals surface area (Å²) >= 11 is 1.71. The maximum atomic E-state index is 10.3. The number of fused-ring (bicyclic) bond motifs is 1. The van der Waals surface area contributed by atoms with E-state index in [-0.39, 0.29) is 4.75 Å². The fraction of sp³-hybridized carbons (Fsp3) is 0.867. The van der Waals surface area contributed by atoms with Crippen molar-refractivity contribution >= 4 is 19.1 Å². The Labute approximate surface area is 232 Å². The van der Waals surface area contributed by atoms with Crippen LogP contribution >= 0.6 is 11.8 Å². The zero-order valence-corrected chi connectivity index (χ0v) is 24.7. The van der Waals surface area contributed by atoms with E-state index in [0.717, 1.165) is 13.0 Å². The summed E-state index contributed by atoms with van der Waals surface area (Å²) in [6.07, 6.45) is 36.5. The van der Waals surface area contributed by atoms with Crippen LogP contribution in [0.1, 0.15) is 142 Å². The van der Waals surface area contributed by atoms with Crippen LogP contribution in [0.3, 0.4) is 0 Å². The minimum Gasteiger partial charge on any atom is -0.402 e. The fourth-order valence-corrected chi connectivity index (χ4v) is 6.19. The molecule has 3 unspecified atom stereocenters. The molecular weight excluding hydrogens is 483 g/mol. The molecule has 3 rings (SSSR count). The third kappa shape index (κ3) is 17.8. The Morgan fingerprint density at radius 1 is 0.703 bits per heavy atom. The summed E-state index contributed by atoms with van der Waals surface area (Å²) in [5, 5.41) is 31.8. The standard InChI is InChI=1S/C18H30OS.C12H24O.BH3O3/c1-2-3-4-5-6-7-8-9-10-11-14-17-15-12-13-16-18(17,19)20-17;1-2-3-4-5-6-7-8-9-10-12-11-13-12;2-1(3)4/h12-13,15-16,19H,2-11,14H2,1H3;12H,2-11H2,1H3;2-4H. The lowest BCUT2D eigenvalue weighted by Gasteiger charge is -2.15. The molecule has 1 aliphatic carbocycles. The van der Waals surface area contributed by atoms with Gasteiger partial charge in [-0.2, -0.15) is 0 Å². The molecule has 2 fully saturated rings. The van der Waals surface area contributed by atoms with Crippen LogP contribution in [0.5, 0.6) is 0 Å². The van der Waals surface area contributed by atoms with E-state index in [9.17, 15) is 5.11 Å². The predicted octanol–water partition coefficient (Wildman–Crippen LogP) is 7.46. The van der Waals surface area contributed by atoms with E-state index in [0.29, 0.717) is 6.10 Å². The normalized spacial score (nSPS) is 24.4. The van der Waals surface area contributed by atoms with Crippen LogP contribution in [0, 0.1) is 0 Å². The van der Waals surface area contributed by atoms with Gasteiger partial charge in [0.25, 0.3) is 0 Å². The van der Waals surface area contributed by atoms with Crippen LogP contribution < -0.4 is 0 Å². The Kier molecular flexibility index (Phi) is 20.2. The van der Waals surface area contributed by atoms with Crippen LogP contribution in [-0.2, 0) is 4.74 Å². The highest BCUT2D eigenvalue weighted by Gasteiger charge is 2.65. The highest BCUT2D eigenvalue weighted by atomic mass is 32.2. The molecule has 0 saturated carbocycles. The first-order chi connectivity index (χ1) is 17.9. The second kappa shape index (κ2) is 21.5. The van der Waals surface area contributed by atoms with Crippen molar-refractivity contribution in [3.05, 3.63) is 24.3 Å². The number of thioether (sulfide) groups is 1.